The number of hydrogen-bond donors (Lipinski definition) is 1. The maximum Gasteiger partial charge on any atom is 0.0841 e. The molecule has 1 heterocycles. The molecule has 1 rings (SSSR count). The van der Waals surface area contributed by atoms with Crippen LogP contribution in [0.4, 0.5) is 0 Å². The Bertz CT molecular complexity index is 136. The Balaban J connectivity index is 2.37. The van der Waals surface area contributed by atoms with Gasteiger partial charge >= 0.3 is 0 Å². The van der Waals surface area contributed by atoms with E-state index in [2.05, 4.69) is 20.8 Å². The molecule has 1 fully saturated rings. The van der Waals surface area contributed by atoms with Crippen molar-refractivity contribution >= 4 is 0 Å². The van der Waals surface area contributed by atoms with Crippen molar-refractivity contribution in [1.82, 2.24) is 0 Å². The Morgan fingerprint density at radius 1 is 1.50 bits per heavy atom. The molecule has 0 aromatic carbocycles. The minimum atomic E-state index is -0.264. The molecule has 0 radical (unpaired) electrons. The lowest BCUT2D eigenvalue weighted by atomic mass is 9.96. The largest absolute Gasteiger partial charge is 0.390 e. The summed E-state index contributed by atoms with van der Waals surface area (Å²) in [6.07, 6.45) is 3.31. The fourth-order valence-electron chi connectivity index (χ4n) is 1.69. The topological polar surface area (TPSA) is 29.5 Å². The third-order valence-corrected chi connectivity index (χ3v) is 2.87. The Labute approximate surface area is 74.9 Å². The van der Waals surface area contributed by atoms with Gasteiger partial charge in [0.2, 0.25) is 0 Å². The van der Waals surface area contributed by atoms with Gasteiger partial charge in [0.15, 0.2) is 0 Å². The van der Waals surface area contributed by atoms with Crippen LogP contribution in [0, 0.1) is 5.92 Å². The first-order chi connectivity index (χ1) is 5.65. The molecule has 2 nitrogen and oxygen atoms in total. The fraction of sp³-hybridized carbons (Fsp3) is 1.00. The van der Waals surface area contributed by atoms with E-state index in [1.807, 2.05) is 0 Å². The van der Waals surface area contributed by atoms with Crippen LogP contribution in [-0.2, 0) is 4.74 Å². The second kappa shape index (κ2) is 4.24. The van der Waals surface area contributed by atoms with Crippen molar-refractivity contribution in [2.75, 3.05) is 0 Å². The molecule has 0 saturated carbocycles. The van der Waals surface area contributed by atoms with E-state index in [4.69, 9.17) is 4.74 Å². The molecule has 4 unspecified atom stereocenters. The van der Waals surface area contributed by atoms with E-state index in [9.17, 15) is 5.11 Å². The summed E-state index contributed by atoms with van der Waals surface area (Å²) in [5.41, 5.74) is 0. The number of hydrogen-bond acceptors (Lipinski definition) is 2. The highest BCUT2D eigenvalue weighted by Crippen LogP contribution is 2.25. The van der Waals surface area contributed by atoms with Crippen molar-refractivity contribution < 1.29 is 9.84 Å². The van der Waals surface area contributed by atoms with E-state index in [1.54, 1.807) is 0 Å². The average molecular weight is 172 g/mol. The zero-order valence-corrected chi connectivity index (χ0v) is 8.29. The molecule has 0 aliphatic carbocycles. The molecule has 2 heteroatoms. The summed E-state index contributed by atoms with van der Waals surface area (Å²) in [7, 11) is 0. The van der Waals surface area contributed by atoms with Crippen molar-refractivity contribution in [3.8, 4) is 0 Å². The normalized spacial score (nSPS) is 35.0. The van der Waals surface area contributed by atoms with Crippen LogP contribution in [0.5, 0.6) is 0 Å². The molecule has 1 N–H and O–H groups in total. The second-order valence-corrected chi connectivity index (χ2v) is 3.94. The summed E-state index contributed by atoms with van der Waals surface area (Å²) < 4.78 is 5.60. The van der Waals surface area contributed by atoms with Gasteiger partial charge in [0.25, 0.3) is 0 Å². The molecule has 0 bridgehead atoms. The summed E-state index contributed by atoms with van der Waals surface area (Å²) in [5.74, 6) is 0.361. The van der Waals surface area contributed by atoms with Gasteiger partial charge in [-0.3, -0.25) is 0 Å². The quantitative estimate of drug-likeness (QED) is 0.705. The molecule has 0 spiro atoms. The lowest BCUT2D eigenvalue weighted by Gasteiger charge is -2.23. The molecular formula is C10H20O2. The lowest BCUT2D eigenvalue weighted by molar-refractivity contribution is -0.0505. The standard InChI is InChI=1S/C10H20O2/c1-4-7(2)10(11)9-6-5-8(3)12-9/h7-11H,4-6H2,1-3H3. The molecule has 0 amide bonds. The van der Waals surface area contributed by atoms with Crippen LogP contribution in [0.2, 0.25) is 0 Å². The number of ether oxygens (including phenoxy) is 1. The molecule has 0 aromatic rings. The molecule has 12 heavy (non-hydrogen) atoms. The van der Waals surface area contributed by atoms with Gasteiger partial charge in [-0.1, -0.05) is 20.3 Å². The second-order valence-electron chi connectivity index (χ2n) is 3.94. The maximum atomic E-state index is 9.81. The Kier molecular flexibility index (Phi) is 3.53. The van der Waals surface area contributed by atoms with Crippen molar-refractivity contribution in [2.24, 2.45) is 5.92 Å². The van der Waals surface area contributed by atoms with Crippen molar-refractivity contribution in [3.05, 3.63) is 0 Å². The van der Waals surface area contributed by atoms with Crippen LogP contribution >= 0.6 is 0 Å². The first-order valence-corrected chi connectivity index (χ1v) is 4.98. The van der Waals surface area contributed by atoms with Gasteiger partial charge < -0.3 is 9.84 Å². The molecular weight excluding hydrogens is 152 g/mol. The van der Waals surface area contributed by atoms with Crippen LogP contribution in [-0.4, -0.2) is 23.4 Å². The molecule has 1 saturated heterocycles. The predicted octanol–water partition coefficient (Wildman–Crippen LogP) is 1.96. The van der Waals surface area contributed by atoms with E-state index in [-0.39, 0.29) is 12.2 Å². The monoisotopic (exact) mass is 172 g/mol. The van der Waals surface area contributed by atoms with Gasteiger partial charge in [0.1, 0.15) is 0 Å². The summed E-state index contributed by atoms with van der Waals surface area (Å²) in [5, 5.41) is 9.81. The molecule has 72 valence electrons. The first kappa shape index (κ1) is 10.0. The molecule has 0 aromatic heterocycles. The van der Waals surface area contributed by atoms with Gasteiger partial charge in [-0.2, -0.15) is 0 Å². The molecule has 4 atom stereocenters. The van der Waals surface area contributed by atoms with E-state index >= 15 is 0 Å². The third kappa shape index (κ3) is 2.20. The Hall–Kier alpha value is -0.0800. The predicted molar refractivity (Wildman–Crippen MR) is 49.0 cm³/mol. The number of aliphatic hydroxyl groups is 1. The summed E-state index contributed by atoms with van der Waals surface area (Å²) in [6.45, 7) is 6.26. The van der Waals surface area contributed by atoms with Crippen molar-refractivity contribution in [3.63, 3.8) is 0 Å². The Morgan fingerprint density at radius 3 is 2.58 bits per heavy atom. The van der Waals surface area contributed by atoms with Gasteiger partial charge in [-0.05, 0) is 25.7 Å². The smallest absolute Gasteiger partial charge is 0.0841 e. The van der Waals surface area contributed by atoms with Crippen LogP contribution in [0.15, 0.2) is 0 Å². The first-order valence-electron chi connectivity index (χ1n) is 4.98. The van der Waals surface area contributed by atoms with E-state index in [0.29, 0.717) is 12.0 Å². The van der Waals surface area contributed by atoms with Crippen molar-refractivity contribution in [2.45, 2.75) is 58.3 Å². The van der Waals surface area contributed by atoms with Gasteiger partial charge in [-0.25, -0.2) is 0 Å². The fourth-order valence-corrected chi connectivity index (χ4v) is 1.69. The number of rotatable bonds is 3. The minimum absolute atomic E-state index is 0.0925. The van der Waals surface area contributed by atoms with E-state index in [0.717, 1.165) is 19.3 Å². The minimum Gasteiger partial charge on any atom is -0.390 e. The van der Waals surface area contributed by atoms with Gasteiger partial charge in [0, 0.05) is 0 Å². The zero-order valence-electron chi connectivity index (χ0n) is 8.29. The van der Waals surface area contributed by atoms with Crippen LogP contribution in [0.3, 0.4) is 0 Å². The summed E-state index contributed by atoms with van der Waals surface area (Å²) in [6, 6.07) is 0. The highest BCUT2D eigenvalue weighted by molar-refractivity contribution is 4.79. The van der Waals surface area contributed by atoms with E-state index < -0.39 is 0 Å². The average Bonchev–Trinajstić information content (AvgIpc) is 2.49. The SMILES string of the molecule is CCC(C)C(O)C1CCC(C)O1. The van der Waals surface area contributed by atoms with Gasteiger partial charge in [-0.15, -0.1) is 0 Å². The highest BCUT2D eigenvalue weighted by atomic mass is 16.5. The number of aliphatic hydroxyl groups excluding tert-OH is 1. The summed E-state index contributed by atoms with van der Waals surface area (Å²) >= 11 is 0. The van der Waals surface area contributed by atoms with Gasteiger partial charge in [0.05, 0.1) is 18.3 Å². The van der Waals surface area contributed by atoms with Crippen LogP contribution in [0.1, 0.15) is 40.0 Å². The summed E-state index contributed by atoms with van der Waals surface area (Å²) in [4.78, 5) is 0. The van der Waals surface area contributed by atoms with Crippen molar-refractivity contribution in [1.29, 1.82) is 0 Å². The lowest BCUT2D eigenvalue weighted by Crippen LogP contribution is -2.31. The molecule has 1 aliphatic heterocycles. The maximum absolute atomic E-state index is 9.81. The van der Waals surface area contributed by atoms with E-state index in [1.165, 1.54) is 0 Å². The zero-order chi connectivity index (χ0) is 9.14. The third-order valence-electron chi connectivity index (χ3n) is 2.87. The van der Waals surface area contributed by atoms with Crippen LogP contribution < -0.4 is 0 Å². The Morgan fingerprint density at radius 2 is 2.17 bits per heavy atom. The highest BCUT2D eigenvalue weighted by Gasteiger charge is 2.30. The molecule has 1 aliphatic rings. The van der Waals surface area contributed by atoms with Crippen LogP contribution in [0.25, 0.3) is 0 Å².